The molecule has 0 bridgehead atoms. The molecule has 0 aliphatic carbocycles. The van der Waals surface area contributed by atoms with Crippen LogP contribution in [0.5, 0.6) is 0 Å². The number of carbonyl (C=O) groups is 1. The number of halogens is 1. The van der Waals surface area contributed by atoms with E-state index in [1.165, 1.54) is 6.42 Å². The van der Waals surface area contributed by atoms with E-state index in [1.54, 1.807) is 0 Å². The van der Waals surface area contributed by atoms with Gasteiger partial charge in [-0.25, -0.2) is 0 Å². The highest BCUT2D eigenvalue weighted by atomic mass is 35.5. The molecular formula is C12H20ClNOS. The number of hydrogen-bond donors (Lipinski definition) is 0. The van der Waals surface area contributed by atoms with Gasteiger partial charge in [-0.05, 0) is 37.9 Å². The van der Waals surface area contributed by atoms with Crippen molar-refractivity contribution in [3.8, 4) is 0 Å². The topological polar surface area (TPSA) is 20.3 Å². The average molecular weight is 262 g/mol. The normalized spacial score (nSPS) is 39.3. The fraction of sp³-hybridized carbons (Fsp3) is 0.917. The number of rotatable bonds is 2. The molecule has 2 rings (SSSR count). The SMILES string of the molecule is CC1CCN(C(=O)C2(C)CCCS2)C1CCl. The lowest BCUT2D eigenvalue weighted by molar-refractivity contribution is -0.134. The largest absolute Gasteiger partial charge is 0.337 e. The molecule has 4 heteroatoms. The van der Waals surface area contributed by atoms with Crippen LogP contribution in [0.4, 0.5) is 0 Å². The van der Waals surface area contributed by atoms with E-state index in [4.69, 9.17) is 11.6 Å². The summed E-state index contributed by atoms with van der Waals surface area (Å²) in [6, 6.07) is 0.257. The number of nitrogens with zero attached hydrogens (tertiary/aromatic N) is 1. The predicted molar refractivity (Wildman–Crippen MR) is 70.1 cm³/mol. The third kappa shape index (κ3) is 2.08. The smallest absolute Gasteiger partial charge is 0.238 e. The zero-order valence-electron chi connectivity index (χ0n) is 10.0. The summed E-state index contributed by atoms with van der Waals surface area (Å²) >= 11 is 7.81. The van der Waals surface area contributed by atoms with E-state index < -0.39 is 0 Å². The summed E-state index contributed by atoms with van der Waals surface area (Å²) in [5.41, 5.74) is 0. The van der Waals surface area contributed by atoms with Crippen LogP contribution in [-0.2, 0) is 4.79 Å². The van der Waals surface area contributed by atoms with Crippen molar-refractivity contribution >= 4 is 29.3 Å². The van der Waals surface area contributed by atoms with Crippen LogP contribution in [0, 0.1) is 5.92 Å². The molecule has 92 valence electrons. The van der Waals surface area contributed by atoms with Gasteiger partial charge < -0.3 is 4.90 Å². The Balaban J connectivity index is 2.09. The standard InChI is InChI=1S/C12H20ClNOS/c1-9-4-6-14(10(9)8-13)11(15)12(2)5-3-7-16-12/h9-10H,3-8H2,1-2H3. The van der Waals surface area contributed by atoms with E-state index in [-0.39, 0.29) is 10.8 Å². The Kier molecular flexibility index (Phi) is 3.75. The van der Waals surface area contributed by atoms with Gasteiger partial charge in [0.1, 0.15) is 0 Å². The monoisotopic (exact) mass is 261 g/mol. The number of thioether (sulfide) groups is 1. The molecule has 16 heavy (non-hydrogen) atoms. The minimum atomic E-state index is -0.172. The number of hydrogen-bond acceptors (Lipinski definition) is 2. The van der Waals surface area contributed by atoms with Crippen molar-refractivity contribution in [3.05, 3.63) is 0 Å². The molecule has 2 nitrogen and oxygen atoms in total. The third-order valence-electron chi connectivity index (χ3n) is 3.97. The number of alkyl halides is 1. The van der Waals surface area contributed by atoms with Crippen LogP contribution in [0.1, 0.15) is 33.1 Å². The average Bonchev–Trinajstić information content (AvgIpc) is 2.84. The molecule has 2 fully saturated rings. The first-order chi connectivity index (χ1) is 7.58. The summed E-state index contributed by atoms with van der Waals surface area (Å²) in [7, 11) is 0. The lowest BCUT2D eigenvalue weighted by Gasteiger charge is -2.32. The molecule has 3 unspecified atom stereocenters. The van der Waals surface area contributed by atoms with Gasteiger partial charge in [-0.2, -0.15) is 0 Å². The molecule has 0 radical (unpaired) electrons. The molecule has 2 aliphatic rings. The van der Waals surface area contributed by atoms with Gasteiger partial charge in [0.2, 0.25) is 5.91 Å². The van der Waals surface area contributed by atoms with Gasteiger partial charge in [0.05, 0.1) is 4.75 Å². The fourth-order valence-corrected chi connectivity index (χ4v) is 4.49. The van der Waals surface area contributed by atoms with Crippen LogP contribution in [0.25, 0.3) is 0 Å². The molecule has 0 spiro atoms. The third-order valence-corrected chi connectivity index (χ3v) is 5.80. The maximum Gasteiger partial charge on any atom is 0.238 e. The van der Waals surface area contributed by atoms with Gasteiger partial charge in [-0.3, -0.25) is 4.79 Å². The molecular weight excluding hydrogens is 242 g/mol. The predicted octanol–water partition coefficient (Wildman–Crippen LogP) is 2.75. The molecule has 1 amide bonds. The van der Waals surface area contributed by atoms with E-state index in [2.05, 4.69) is 13.8 Å². The van der Waals surface area contributed by atoms with E-state index in [1.807, 2.05) is 16.7 Å². The van der Waals surface area contributed by atoms with Crippen molar-refractivity contribution in [2.75, 3.05) is 18.2 Å². The molecule has 2 saturated heterocycles. The summed E-state index contributed by atoms with van der Waals surface area (Å²) in [6.07, 6.45) is 3.29. The molecule has 2 aliphatic heterocycles. The lowest BCUT2D eigenvalue weighted by Crippen LogP contribution is -2.47. The van der Waals surface area contributed by atoms with Crippen molar-refractivity contribution in [1.29, 1.82) is 0 Å². The van der Waals surface area contributed by atoms with Crippen LogP contribution in [-0.4, -0.2) is 39.8 Å². The first kappa shape index (κ1) is 12.6. The number of likely N-dealkylation sites (tertiary alicyclic amines) is 1. The summed E-state index contributed by atoms with van der Waals surface area (Å²) < 4.78 is -0.172. The van der Waals surface area contributed by atoms with Crippen molar-refractivity contribution < 1.29 is 4.79 Å². The van der Waals surface area contributed by atoms with Gasteiger partial charge in [0.15, 0.2) is 0 Å². The Morgan fingerprint density at radius 2 is 2.38 bits per heavy atom. The fourth-order valence-electron chi connectivity index (χ4n) is 2.75. The quantitative estimate of drug-likeness (QED) is 0.713. The molecule has 0 N–H and O–H groups in total. The Morgan fingerprint density at radius 3 is 2.94 bits per heavy atom. The molecule has 0 saturated carbocycles. The molecule has 3 atom stereocenters. The van der Waals surface area contributed by atoms with Crippen LogP contribution >= 0.6 is 23.4 Å². The van der Waals surface area contributed by atoms with E-state index in [0.717, 1.165) is 25.1 Å². The number of amides is 1. The highest BCUT2D eigenvalue weighted by Crippen LogP contribution is 2.41. The van der Waals surface area contributed by atoms with Crippen molar-refractivity contribution in [2.45, 2.75) is 43.9 Å². The summed E-state index contributed by atoms with van der Waals surface area (Å²) in [4.78, 5) is 14.6. The van der Waals surface area contributed by atoms with E-state index >= 15 is 0 Å². The zero-order chi connectivity index (χ0) is 11.8. The Morgan fingerprint density at radius 1 is 1.62 bits per heavy atom. The Labute approximate surface area is 107 Å². The van der Waals surface area contributed by atoms with Gasteiger partial charge >= 0.3 is 0 Å². The molecule has 0 aromatic carbocycles. The van der Waals surface area contributed by atoms with Crippen LogP contribution in [0.15, 0.2) is 0 Å². The van der Waals surface area contributed by atoms with Crippen molar-refractivity contribution in [2.24, 2.45) is 5.92 Å². The summed E-state index contributed by atoms with van der Waals surface area (Å²) in [5, 5.41) is 0. The highest BCUT2D eigenvalue weighted by molar-refractivity contribution is 8.01. The second-order valence-electron chi connectivity index (χ2n) is 5.17. The van der Waals surface area contributed by atoms with Crippen molar-refractivity contribution in [3.63, 3.8) is 0 Å². The van der Waals surface area contributed by atoms with Crippen LogP contribution in [0.3, 0.4) is 0 Å². The van der Waals surface area contributed by atoms with Crippen LogP contribution < -0.4 is 0 Å². The van der Waals surface area contributed by atoms with Crippen molar-refractivity contribution in [1.82, 2.24) is 4.90 Å². The van der Waals surface area contributed by atoms with Gasteiger partial charge in [-0.15, -0.1) is 23.4 Å². The molecule has 0 aromatic rings. The first-order valence-corrected chi connectivity index (χ1v) is 7.61. The molecule has 0 aromatic heterocycles. The van der Waals surface area contributed by atoms with Gasteiger partial charge in [0, 0.05) is 18.5 Å². The highest BCUT2D eigenvalue weighted by Gasteiger charge is 2.44. The zero-order valence-corrected chi connectivity index (χ0v) is 11.6. The van der Waals surface area contributed by atoms with Gasteiger partial charge in [0.25, 0.3) is 0 Å². The minimum absolute atomic E-state index is 0.172. The lowest BCUT2D eigenvalue weighted by atomic mass is 10.0. The maximum absolute atomic E-state index is 12.5. The Bertz CT molecular complexity index is 278. The molecule has 2 heterocycles. The second kappa shape index (κ2) is 4.77. The van der Waals surface area contributed by atoms with E-state index in [0.29, 0.717) is 17.7 Å². The second-order valence-corrected chi connectivity index (χ2v) is 7.08. The number of carbonyl (C=O) groups excluding carboxylic acids is 1. The first-order valence-electron chi connectivity index (χ1n) is 6.09. The summed E-state index contributed by atoms with van der Waals surface area (Å²) in [6.45, 7) is 5.19. The van der Waals surface area contributed by atoms with Gasteiger partial charge in [-0.1, -0.05) is 6.92 Å². The summed E-state index contributed by atoms with van der Waals surface area (Å²) in [5.74, 6) is 2.58. The minimum Gasteiger partial charge on any atom is -0.337 e. The maximum atomic E-state index is 12.5. The van der Waals surface area contributed by atoms with Crippen LogP contribution in [0.2, 0.25) is 0 Å². The Hall–Kier alpha value is 0.110. The van der Waals surface area contributed by atoms with E-state index in [9.17, 15) is 4.79 Å².